The van der Waals surface area contributed by atoms with Crippen LogP contribution in [-0.4, -0.2) is 6.29 Å². The molecule has 1 radical (unpaired) electrons. The van der Waals surface area contributed by atoms with Gasteiger partial charge in [0.05, 0.1) is 8.66 Å². The number of halogens is 2. The van der Waals surface area contributed by atoms with E-state index in [0.29, 0.717) is 4.88 Å². The molecular formula is C5HBr2OS. The summed E-state index contributed by atoms with van der Waals surface area (Å²) in [5.41, 5.74) is 0. The Morgan fingerprint density at radius 3 is 2.44 bits per heavy atom. The van der Waals surface area contributed by atoms with Crippen LogP contribution in [0.15, 0.2) is 14.3 Å². The van der Waals surface area contributed by atoms with Gasteiger partial charge in [0.1, 0.15) is 0 Å². The Labute approximate surface area is 73.3 Å². The largest absolute Gasteiger partial charge is 0.284 e. The van der Waals surface area contributed by atoms with E-state index in [1.54, 1.807) is 0 Å². The molecule has 1 aromatic heterocycles. The van der Waals surface area contributed by atoms with Crippen molar-refractivity contribution >= 4 is 49.5 Å². The molecule has 1 aromatic rings. The summed E-state index contributed by atoms with van der Waals surface area (Å²) in [5.74, 6) is 0. The van der Waals surface area contributed by atoms with Crippen molar-refractivity contribution in [1.82, 2.24) is 0 Å². The van der Waals surface area contributed by atoms with Crippen molar-refractivity contribution in [1.29, 1.82) is 0 Å². The van der Waals surface area contributed by atoms with Crippen molar-refractivity contribution in [2.75, 3.05) is 0 Å². The van der Waals surface area contributed by atoms with Crippen molar-refractivity contribution in [2.45, 2.75) is 0 Å². The van der Waals surface area contributed by atoms with Crippen LogP contribution in [0.1, 0.15) is 4.88 Å². The highest BCUT2D eigenvalue weighted by atomic mass is 79.9. The zero-order chi connectivity index (χ0) is 6.85. The monoisotopic (exact) mass is 267 g/mol. The highest BCUT2D eigenvalue weighted by Gasteiger charge is 2.02. The predicted octanol–water partition coefficient (Wildman–Crippen LogP) is 2.73. The van der Waals surface area contributed by atoms with Gasteiger partial charge in [-0.05, 0) is 37.9 Å². The third-order valence-corrected chi connectivity index (χ3v) is 3.17. The quantitative estimate of drug-likeness (QED) is 0.766. The van der Waals surface area contributed by atoms with E-state index in [0.717, 1.165) is 8.26 Å². The average Bonchev–Trinajstić information content (AvgIpc) is 2.10. The van der Waals surface area contributed by atoms with Gasteiger partial charge in [0.2, 0.25) is 6.29 Å². The molecule has 1 heterocycles. The first-order valence-electron chi connectivity index (χ1n) is 2.07. The maximum absolute atomic E-state index is 10.1. The summed E-state index contributed by atoms with van der Waals surface area (Å²) in [4.78, 5) is 10.7. The number of hydrogen-bond donors (Lipinski definition) is 0. The van der Waals surface area contributed by atoms with Crippen LogP contribution in [0, 0.1) is 0 Å². The third-order valence-electron chi connectivity index (χ3n) is 0.749. The molecule has 0 aromatic carbocycles. The standard InChI is InChI=1S/C5HBr2OS/c6-3-1-5(7)9-4(3)2-8/h1H. The highest BCUT2D eigenvalue weighted by Crippen LogP contribution is 2.29. The van der Waals surface area contributed by atoms with E-state index in [4.69, 9.17) is 0 Å². The molecule has 0 N–H and O–H groups in total. The van der Waals surface area contributed by atoms with Gasteiger partial charge >= 0.3 is 0 Å². The zero-order valence-electron chi connectivity index (χ0n) is 4.15. The summed E-state index contributed by atoms with van der Waals surface area (Å²) in [6, 6.07) is 1.82. The van der Waals surface area contributed by atoms with E-state index in [1.165, 1.54) is 11.3 Å². The van der Waals surface area contributed by atoms with Crippen LogP contribution >= 0.6 is 43.2 Å². The molecule has 1 nitrogen and oxygen atoms in total. The normalized spacial score (nSPS) is 9.56. The van der Waals surface area contributed by atoms with Crippen molar-refractivity contribution in [3.05, 3.63) is 19.2 Å². The Kier molecular flexibility index (Phi) is 2.43. The first-order valence-corrected chi connectivity index (χ1v) is 4.47. The minimum Gasteiger partial charge on any atom is -0.284 e. The molecule has 4 heteroatoms. The topological polar surface area (TPSA) is 17.1 Å². The molecule has 47 valence electrons. The van der Waals surface area contributed by atoms with Gasteiger partial charge in [-0.1, -0.05) is 0 Å². The minimum absolute atomic E-state index is 0.599. The van der Waals surface area contributed by atoms with Crippen molar-refractivity contribution in [3.8, 4) is 0 Å². The van der Waals surface area contributed by atoms with Gasteiger partial charge in [-0.2, -0.15) is 0 Å². The second kappa shape index (κ2) is 2.94. The van der Waals surface area contributed by atoms with Gasteiger partial charge in [0.25, 0.3) is 0 Å². The average molecular weight is 269 g/mol. The van der Waals surface area contributed by atoms with Gasteiger partial charge < -0.3 is 0 Å². The van der Waals surface area contributed by atoms with Gasteiger partial charge in [-0.3, -0.25) is 4.79 Å². The molecule has 0 aliphatic rings. The molecule has 1 rings (SSSR count). The fourth-order valence-electron chi connectivity index (χ4n) is 0.410. The summed E-state index contributed by atoms with van der Waals surface area (Å²) in [5, 5.41) is 0. The van der Waals surface area contributed by atoms with Crippen LogP contribution in [-0.2, 0) is 4.79 Å². The van der Waals surface area contributed by atoms with Gasteiger partial charge in [0, 0.05) is 4.47 Å². The molecule has 0 aliphatic heterocycles. The SMILES string of the molecule is O=[C]c1sc(Br)cc1Br. The minimum atomic E-state index is 0.599. The van der Waals surface area contributed by atoms with Gasteiger partial charge in [-0.25, -0.2) is 0 Å². The van der Waals surface area contributed by atoms with Crippen LogP contribution in [0.5, 0.6) is 0 Å². The second-order valence-electron chi connectivity index (χ2n) is 1.33. The lowest BCUT2D eigenvalue weighted by atomic mass is 10.5. The first kappa shape index (κ1) is 7.44. The Hall–Kier alpha value is 0.330. The van der Waals surface area contributed by atoms with Crippen molar-refractivity contribution in [2.24, 2.45) is 0 Å². The van der Waals surface area contributed by atoms with E-state index < -0.39 is 0 Å². The second-order valence-corrected chi connectivity index (χ2v) is 4.62. The molecule has 9 heavy (non-hydrogen) atoms. The summed E-state index contributed by atoms with van der Waals surface area (Å²) in [7, 11) is 0. The van der Waals surface area contributed by atoms with E-state index in [9.17, 15) is 4.79 Å². The summed E-state index contributed by atoms with van der Waals surface area (Å²) >= 11 is 7.79. The van der Waals surface area contributed by atoms with Crippen LogP contribution in [0.4, 0.5) is 0 Å². The van der Waals surface area contributed by atoms with Crippen LogP contribution < -0.4 is 0 Å². The van der Waals surface area contributed by atoms with E-state index in [2.05, 4.69) is 31.9 Å². The number of carbonyl (C=O) groups excluding carboxylic acids is 1. The molecule has 0 spiro atoms. The Morgan fingerprint density at radius 2 is 2.22 bits per heavy atom. The molecule has 0 fully saturated rings. The molecule has 0 bridgehead atoms. The molecule has 0 saturated heterocycles. The smallest absolute Gasteiger partial charge is 0.245 e. The maximum atomic E-state index is 10.1. The molecule has 0 saturated carbocycles. The number of thiophene rings is 1. The van der Waals surface area contributed by atoms with Gasteiger partial charge in [-0.15, -0.1) is 11.3 Å². The highest BCUT2D eigenvalue weighted by molar-refractivity contribution is 9.11. The Morgan fingerprint density at radius 1 is 1.56 bits per heavy atom. The molecular weight excluding hydrogens is 268 g/mol. The Bertz CT molecular complexity index is 231. The first-order chi connectivity index (χ1) is 4.24. The fraction of sp³-hybridized carbons (Fsp3) is 0. The lowest BCUT2D eigenvalue weighted by Crippen LogP contribution is -1.68. The van der Waals surface area contributed by atoms with E-state index in [1.807, 2.05) is 12.4 Å². The molecule has 0 unspecified atom stereocenters. The lowest BCUT2D eigenvalue weighted by molar-refractivity contribution is 0.563. The fourth-order valence-corrected chi connectivity index (χ4v) is 2.71. The number of rotatable bonds is 1. The Balaban J connectivity index is 3.15. The molecule has 0 atom stereocenters. The lowest BCUT2D eigenvalue weighted by Gasteiger charge is -1.75. The summed E-state index contributed by atoms with van der Waals surface area (Å²) < 4.78 is 1.74. The van der Waals surface area contributed by atoms with Crippen LogP contribution in [0.3, 0.4) is 0 Å². The summed E-state index contributed by atoms with van der Waals surface area (Å²) in [6.07, 6.45) is 1.81. The summed E-state index contributed by atoms with van der Waals surface area (Å²) in [6.45, 7) is 0. The molecule has 0 amide bonds. The van der Waals surface area contributed by atoms with Crippen LogP contribution in [0.25, 0.3) is 0 Å². The maximum Gasteiger partial charge on any atom is 0.245 e. The van der Waals surface area contributed by atoms with E-state index >= 15 is 0 Å². The van der Waals surface area contributed by atoms with Gasteiger partial charge in [0.15, 0.2) is 0 Å². The third kappa shape index (κ3) is 1.63. The van der Waals surface area contributed by atoms with Crippen LogP contribution in [0.2, 0.25) is 0 Å². The predicted molar refractivity (Wildman–Crippen MR) is 44.5 cm³/mol. The van der Waals surface area contributed by atoms with Crippen molar-refractivity contribution in [3.63, 3.8) is 0 Å². The molecule has 0 aliphatic carbocycles. The zero-order valence-corrected chi connectivity index (χ0v) is 8.14. The van der Waals surface area contributed by atoms with E-state index in [-0.39, 0.29) is 0 Å². The van der Waals surface area contributed by atoms with Crippen molar-refractivity contribution < 1.29 is 4.79 Å². The number of hydrogen-bond acceptors (Lipinski definition) is 2.